The summed E-state index contributed by atoms with van der Waals surface area (Å²) < 4.78 is 0. The van der Waals surface area contributed by atoms with Gasteiger partial charge in [-0.05, 0) is 121 Å². The van der Waals surface area contributed by atoms with E-state index in [-0.39, 0.29) is 12.0 Å². The van der Waals surface area contributed by atoms with Crippen molar-refractivity contribution in [3.05, 3.63) is 95.1 Å². The predicted octanol–water partition coefficient (Wildman–Crippen LogP) is 6.84. The lowest BCUT2D eigenvalue weighted by molar-refractivity contribution is -0.139. The van der Waals surface area contributed by atoms with Crippen molar-refractivity contribution >= 4 is 22.8 Å². The number of benzene rings is 3. The van der Waals surface area contributed by atoms with Gasteiger partial charge in [-0.1, -0.05) is 48.5 Å². The predicted molar refractivity (Wildman–Crippen MR) is 162 cm³/mol. The molecule has 6 rings (SSSR count). The molecule has 0 amide bonds. The molecule has 3 aromatic rings. The van der Waals surface area contributed by atoms with Crippen molar-refractivity contribution in [1.82, 2.24) is 4.90 Å². The first-order chi connectivity index (χ1) is 19.5. The fourth-order valence-electron chi connectivity index (χ4n) is 7.43. The number of aryl methyl sites for hydroxylation is 1. The number of rotatable bonds is 5. The van der Waals surface area contributed by atoms with Crippen molar-refractivity contribution in [3.63, 3.8) is 0 Å². The first-order valence-electron chi connectivity index (χ1n) is 14.9. The van der Waals surface area contributed by atoms with Crippen LogP contribution in [0.5, 0.6) is 5.75 Å². The molecule has 2 aliphatic heterocycles. The highest BCUT2D eigenvalue weighted by atomic mass is 16.4. The van der Waals surface area contributed by atoms with E-state index in [4.69, 9.17) is 0 Å². The highest BCUT2D eigenvalue weighted by molar-refractivity contribution is 6.00. The Kier molecular flexibility index (Phi) is 7.66. The Morgan fingerprint density at radius 2 is 1.57 bits per heavy atom. The molecule has 5 nitrogen and oxygen atoms in total. The van der Waals surface area contributed by atoms with E-state index in [2.05, 4.69) is 70.5 Å². The van der Waals surface area contributed by atoms with Gasteiger partial charge in [-0.25, -0.2) is 0 Å². The number of aliphatic carboxylic acids is 1. The van der Waals surface area contributed by atoms with Crippen molar-refractivity contribution in [1.29, 1.82) is 0 Å². The second-order valence-corrected chi connectivity index (χ2v) is 12.0. The molecular formula is C35H40N2O3. The van der Waals surface area contributed by atoms with Crippen LogP contribution in [-0.4, -0.2) is 53.8 Å². The van der Waals surface area contributed by atoms with Crippen LogP contribution in [0.1, 0.15) is 67.2 Å². The Hall–Kier alpha value is -3.57. The Morgan fingerprint density at radius 1 is 0.800 bits per heavy atom. The molecule has 1 atom stereocenters. The van der Waals surface area contributed by atoms with E-state index in [0.717, 1.165) is 64.7 Å². The first-order valence-corrected chi connectivity index (χ1v) is 14.9. The summed E-state index contributed by atoms with van der Waals surface area (Å²) in [7, 11) is 0. The second kappa shape index (κ2) is 11.5. The zero-order valence-corrected chi connectivity index (χ0v) is 23.3. The van der Waals surface area contributed by atoms with Crippen molar-refractivity contribution in [2.45, 2.75) is 51.4 Å². The van der Waals surface area contributed by atoms with E-state index in [9.17, 15) is 15.0 Å². The van der Waals surface area contributed by atoms with E-state index in [1.54, 1.807) is 0 Å². The topological polar surface area (TPSA) is 64.0 Å². The van der Waals surface area contributed by atoms with Gasteiger partial charge in [0.2, 0.25) is 0 Å². The van der Waals surface area contributed by atoms with Crippen LogP contribution >= 0.6 is 0 Å². The average molecular weight is 537 g/mol. The van der Waals surface area contributed by atoms with Crippen molar-refractivity contribution in [2.75, 3.05) is 37.6 Å². The standard InChI is InChI=1S/C35H40N2O3/c38-30-15-16-32-28(23-30)9-4-10-31(26-7-2-1-3-8-26)34(32)27-11-13-29(14-12-27)37-21-6-18-35(19-22-37)17-5-20-36(25-35)24-33(39)40/h1-3,7-8,11-16,23,38H,4-6,9-10,17-22,24-25H2,(H,39,40). The smallest absolute Gasteiger partial charge is 0.317 e. The van der Waals surface area contributed by atoms with Gasteiger partial charge >= 0.3 is 5.97 Å². The van der Waals surface area contributed by atoms with Gasteiger partial charge in [0.05, 0.1) is 6.54 Å². The molecule has 2 saturated heterocycles. The minimum Gasteiger partial charge on any atom is -0.508 e. The molecule has 1 spiro atoms. The summed E-state index contributed by atoms with van der Waals surface area (Å²) in [5.41, 5.74) is 9.09. The van der Waals surface area contributed by atoms with Crippen molar-refractivity contribution in [3.8, 4) is 5.75 Å². The molecule has 5 heteroatoms. The van der Waals surface area contributed by atoms with Gasteiger partial charge < -0.3 is 15.1 Å². The lowest BCUT2D eigenvalue weighted by Crippen LogP contribution is -2.45. The molecule has 3 aliphatic rings. The molecule has 2 heterocycles. The van der Waals surface area contributed by atoms with Gasteiger partial charge in [0.1, 0.15) is 5.75 Å². The summed E-state index contributed by atoms with van der Waals surface area (Å²) in [6.45, 7) is 4.04. The number of carbonyl (C=O) groups is 1. The minimum absolute atomic E-state index is 0.163. The molecule has 2 N–H and O–H groups in total. The van der Waals surface area contributed by atoms with Crippen LogP contribution in [0.25, 0.3) is 11.1 Å². The molecule has 0 aromatic heterocycles. The summed E-state index contributed by atoms with van der Waals surface area (Å²) in [6, 6.07) is 25.7. The van der Waals surface area contributed by atoms with E-state index < -0.39 is 5.97 Å². The average Bonchev–Trinajstić information content (AvgIpc) is 3.27. The van der Waals surface area contributed by atoms with E-state index in [1.165, 1.54) is 51.9 Å². The van der Waals surface area contributed by atoms with Crippen LogP contribution in [-0.2, 0) is 11.2 Å². The SMILES string of the molecule is O=C(O)CN1CCCC2(CCCN(c3ccc(C4=C(c5ccccc5)CCCc5cc(O)ccc54)cc3)CC2)C1. The number of fused-ring (bicyclic) bond motifs is 1. The lowest BCUT2D eigenvalue weighted by atomic mass is 9.74. The Labute approximate surface area is 237 Å². The summed E-state index contributed by atoms with van der Waals surface area (Å²) in [6.07, 6.45) is 8.76. The molecule has 0 radical (unpaired) electrons. The van der Waals surface area contributed by atoms with Crippen LogP contribution in [0.4, 0.5) is 5.69 Å². The molecule has 1 unspecified atom stereocenters. The number of hydrogen-bond acceptors (Lipinski definition) is 4. The maximum absolute atomic E-state index is 11.3. The third-order valence-corrected chi connectivity index (χ3v) is 9.32. The third-order valence-electron chi connectivity index (χ3n) is 9.32. The third kappa shape index (κ3) is 5.66. The summed E-state index contributed by atoms with van der Waals surface area (Å²) >= 11 is 0. The van der Waals surface area contributed by atoms with E-state index in [1.807, 2.05) is 12.1 Å². The minimum atomic E-state index is -0.717. The van der Waals surface area contributed by atoms with Gasteiger partial charge in [0, 0.05) is 25.3 Å². The molecule has 0 bridgehead atoms. The number of hydrogen-bond donors (Lipinski definition) is 2. The van der Waals surface area contributed by atoms with E-state index in [0.29, 0.717) is 5.75 Å². The maximum Gasteiger partial charge on any atom is 0.317 e. The normalized spacial score (nSPS) is 22.1. The van der Waals surface area contributed by atoms with Crippen molar-refractivity contribution < 1.29 is 15.0 Å². The van der Waals surface area contributed by atoms with Gasteiger partial charge in [0.15, 0.2) is 0 Å². The highest BCUT2D eigenvalue weighted by Gasteiger charge is 2.37. The zero-order valence-electron chi connectivity index (χ0n) is 23.3. The van der Waals surface area contributed by atoms with E-state index >= 15 is 0 Å². The second-order valence-electron chi connectivity index (χ2n) is 12.0. The number of anilines is 1. The number of carboxylic acids is 1. The highest BCUT2D eigenvalue weighted by Crippen LogP contribution is 2.43. The van der Waals surface area contributed by atoms with Gasteiger partial charge in [0.25, 0.3) is 0 Å². The monoisotopic (exact) mass is 536 g/mol. The van der Waals surface area contributed by atoms with Gasteiger partial charge in [-0.3, -0.25) is 9.69 Å². The molecular weight excluding hydrogens is 496 g/mol. The number of nitrogens with zero attached hydrogens (tertiary/aromatic N) is 2. The molecule has 1 aliphatic carbocycles. The van der Waals surface area contributed by atoms with Crippen LogP contribution in [0, 0.1) is 5.41 Å². The number of phenols is 1. The number of likely N-dealkylation sites (tertiary alicyclic amines) is 1. The van der Waals surface area contributed by atoms with Crippen LogP contribution in [0.2, 0.25) is 0 Å². The zero-order chi connectivity index (χ0) is 27.5. The maximum atomic E-state index is 11.3. The van der Waals surface area contributed by atoms with Crippen LogP contribution in [0.3, 0.4) is 0 Å². The molecule has 208 valence electrons. The fraction of sp³-hybridized carbons (Fsp3) is 0.400. The fourth-order valence-corrected chi connectivity index (χ4v) is 7.43. The van der Waals surface area contributed by atoms with Gasteiger partial charge in [-0.2, -0.15) is 0 Å². The number of aromatic hydroxyl groups is 1. The Bertz CT molecular complexity index is 1380. The molecule has 2 fully saturated rings. The summed E-state index contributed by atoms with van der Waals surface area (Å²) in [5, 5.41) is 19.5. The number of piperidine rings is 1. The van der Waals surface area contributed by atoms with Gasteiger partial charge in [-0.15, -0.1) is 0 Å². The Morgan fingerprint density at radius 3 is 2.35 bits per heavy atom. The van der Waals surface area contributed by atoms with Crippen molar-refractivity contribution in [2.24, 2.45) is 5.41 Å². The molecule has 0 saturated carbocycles. The first kappa shape index (κ1) is 26.6. The number of allylic oxidation sites excluding steroid dienone is 1. The number of carboxylic acid groups (broad SMARTS) is 1. The van der Waals surface area contributed by atoms with Crippen LogP contribution in [0.15, 0.2) is 72.8 Å². The quantitative estimate of drug-likeness (QED) is 0.374. The Balaban J connectivity index is 1.27. The summed E-state index contributed by atoms with van der Waals surface area (Å²) in [4.78, 5) is 16.0. The number of phenolic OH excluding ortho intramolecular Hbond substituents is 1. The van der Waals surface area contributed by atoms with Crippen LogP contribution < -0.4 is 4.90 Å². The lowest BCUT2D eigenvalue weighted by Gasteiger charge is -2.42. The molecule has 40 heavy (non-hydrogen) atoms. The molecule has 3 aromatic carbocycles. The summed E-state index contributed by atoms with van der Waals surface area (Å²) in [5.74, 6) is -0.384. The largest absolute Gasteiger partial charge is 0.508 e.